The monoisotopic (exact) mass is 331 g/mol. The third kappa shape index (κ3) is 3.59. The Labute approximate surface area is 137 Å². The number of halogens is 2. The molecule has 0 atom stereocenters. The summed E-state index contributed by atoms with van der Waals surface area (Å²) in [6, 6.07) is 9.90. The minimum absolute atomic E-state index is 0.223. The number of carbonyl (C=O) groups excluding carboxylic acids is 2. The molecule has 0 saturated heterocycles. The molecule has 2 aromatic rings. The molecule has 4 nitrogen and oxygen atoms in total. The molecular formula is C18H15F2NO3. The Kier molecular flexibility index (Phi) is 4.55. The number of esters is 1. The molecular weight excluding hydrogens is 316 g/mol. The topological polar surface area (TPSA) is 55.4 Å². The number of hydrogen-bond acceptors (Lipinski definition) is 3. The van der Waals surface area contributed by atoms with Gasteiger partial charge >= 0.3 is 5.97 Å². The summed E-state index contributed by atoms with van der Waals surface area (Å²) < 4.78 is 33.2. The molecule has 0 unspecified atom stereocenters. The third-order valence-electron chi connectivity index (χ3n) is 3.74. The molecule has 0 aliphatic heterocycles. The van der Waals surface area contributed by atoms with Crippen LogP contribution in [-0.2, 0) is 0 Å². The summed E-state index contributed by atoms with van der Waals surface area (Å²) in [4.78, 5) is 24.0. The fourth-order valence-corrected chi connectivity index (χ4v) is 2.20. The number of hydrogen-bond donors (Lipinski definition) is 1. The Morgan fingerprint density at radius 1 is 1.08 bits per heavy atom. The van der Waals surface area contributed by atoms with Crippen molar-refractivity contribution in [1.29, 1.82) is 0 Å². The van der Waals surface area contributed by atoms with Gasteiger partial charge in [0.2, 0.25) is 0 Å². The van der Waals surface area contributed by atoms with Gasteiger partial charge < -0.3 is 10.1 Å². The first-order valence-corrected chi connectivity index (χ1v) is 7.59. The lowest BCUT2D eigenvalue weighted by Crippen LogP contribution is -2.27. The van der Waals surface area contributed by atoms with Gasteiger partial charge in [-0.2, -0.15) is 0 Å². The van der Waals surface area contributed by atoms with Gasteiger partial charge in [0.25, 0.3) is 5.91 Å². The van der Waals surface area contributed by atoms with Crippen molar-refractivity contribution in [3.63, 3.8) is 0 Å². The maximum atomic E-state index is 14.4. The van der Waals surface area contributed by atoms with Crippen molar-refractivity contribution in [3.05, 3.63) is 65.2 Å². The molecule has 1 fully saturated rings. The smallest absolute Gasteiger partial charge is 0.343 e. The standard InChI is InChI=1S/C18H15F2NO3/c19-13-8-9-14(24-18(23)12-4-2-1-3-5-12)16(20)15(13)17(22)21-10-11-6-7-11/h1-5,8-9,11H,6-7,10H2,(H,21,22). The zero-order chi connectivity index (χ0) is 17.1. The van der Waals surface area contributed by atoms with Gasteiger partial charge in [-0.15, -0.1) is 0 Å². The highest BCUT2D eigenvalue weighted by Gasteiger charge is 2.26. The van der Waals surface area contributed by atoms with Crippen molar-refractivity contribution >= 4 is 11.9 Å². The SMILES string of the molecule is O=C(Oc1ccc(F)c(C(=O)NCC2CC2)c1F)c1ccccc1. The van der Waals surface area contributed by atoms with Gasteiger partial charge in [0.1, 0.15) is 11.4 Å². The van der Waals surface area contributed by atoms with Crippen LogP contribution < -0.4 is 10.1 Å². The molecule has 124 valence electrons. The van der Waals surface area contributed by atoms with E-state index in [-0.39, 0.29) is 5.56 Å². The average molecular weight is 331 g/mol. The summed E-state index contributed by atoms with van der Waals surface area (Å²) in [7, 11) is 0. The zero-order valence-electron chi connectivity index (χ0n) is 12.7. The second-order valence-corrected chi connectivity index (χ2v) is 5.64. The predicted octanol–water partition coefficient (Wildman–Crippen LogP) is 3.32. The summed E-state index contributed by atoms with van der Waals surface area (Å²) in [6.45, 7) is 0.381. The fourth-order valence-electron chi connectivity index (χ4n) is 2.20. The molecule has 0 heterocycles. The van der Waals surface area contributed by atoms with Crippen LogP contribution >= 0.6 is 0 Å². The minimum atomic E-state index is -1.19. The molecule has 0 bridgehead atoms. The number of amides is 1. The quantitative estimate of drug-likeness (QED) is 0.675. The Hall–Kier alpha value is -2.76. The molecule has 0 radical (unpaired) electrons. The first-order valence-electron chi connectivity index (χ1n) is 7.59. The highest BCUT2D eigenvalue weighted by atomic mass is 19.1. The maximum Gasteiger partial charge on any atom is 0.343 e. The third-order valence-corrected chi connectivity index (χ3v) is 3.74. The van der Waals surface area contributed by atoms with E-state index in [1.807, 2.05) is 0 Å². The van der Waals surface area contributed by atoms with Crippen LogP contribution in [0.2, 0.25) is 0 Å². The van der Waals surface area contributed by atoms with Gasteiger partial charge in [0.15, 0.2) is 11.6 Å². The van der Waals surface area contributed by atoms with Crippen LogP contribution in [0.4, 0.5) is 8.78 Å². The average Bonchev–Trinajstić information content (AvgIpc) is 3.41. The van der Waals surface area contributed by atoms with Gasteiger partial charge in [-0.1, -0.05) is 18.2 Å². The van der Waals surface area contributed by atoms with Crippen molar-refractivity contribution < 1.29 is 23.1 Å². The van der Waals surface area contributed by atoms with Crippen molar-refractivity contribution in [2.75, 3.05) is 6.54 Å². The summed E-state index contributed by atoms with van der Waals surface area (Å²) in [5.74, 6) is -3.94. The van der Waals surface area contributed by atoms with Crippen LogP contribution in [0.15, 0.2) is 42.5 Å². The Balaban J connectivity index is 1.80. The van der Waals surface area contributed by atoms with E-state index in [2.05, 4.69) is 5.32 Å². The van der Waals surface area contributed by atoms with Gasteiger partial charge in [-0.25, -0.2) is 13.6 Å². The van der Waals surface area contributed by atoms with Gasteiger partial charge in [0, 0.05) is 6.54 Å². The van der Waals surface area contributed by atoms with Gasteiger partial charge in [0.05, 0.1) is 5.56 Å². The molecule has 1 aliphatic carbocycles. The lowest BCUT2D eigenvalue weighted by Gasteiger charge is -2.10. The van der Waals surface area contributed by atoms with E-state index in [4.69, 9.17) is 4.74 Å². The second kappa shape index (κ2) is 6.78. The van der Waals surface area contributed by atoms with E-state index in [0.717, 1.165) is 25.0 Å². The number of benzene rings is 2. The molecule has 2 aromatic carbocycles. The van der Waals surface area contributed by atoms with E-state index in [0.29, 0.717) is 12.5 Å². The predicted molar refractivity (Wildman–Crippen MR) is 82.8 cm³/mol. The Bertz CT molecular complexity index is 773. The summed E-state index contributed by atoms with van der Waals surface area (Å²) in [5.41, 5.74) is -0.519. The zero-order valence-corrected chi connectivity index (χ0v) is 12.7. The normalized spacial score (nSPS) is 13.4. The Morgan fingerprint density at radius 2 is 1.79 bits per heavy atom. The molecule has 0 aromatic heterocycles. The van der Waals surface area contributed by atoms with Gasteiger partial charge in [-0.3, -0.25) is 4.79 Å². The molecule has 1 aliphatic rings. The van der Waals surface area contributed by atoms with Crippen molar-refractivity contribution in [3.8, 4) is 5.75 Å². The van der Waals surface area contributed by atoms with Crippen LogP contribution in [-0.4, -0.2) is 18.4 Å². The van der Waals surface area contributed by atoms with Crippen LogP contribution in [0.5, 0.6) is 5.75 Å². The van der Waals surface area contributed by atoms with Crippen molar-refractivity contribution in [2.24, 2.45) is 5.92 Å². The van der Waals surface area contributed by atoms with E-state index in [9.17, 15) is 18.4 Å². The summed E-state index contributed by atoms with van der Waals surface area (Å²) in [5, 5.41) is 2.50. The van der Waals surface area contributed by atoms with E-state index >= 15 is 0 Å². The number of carbonyl (C=O) groups is 2. The number of ether oxygens (including phenoxy) is 1. The number of rotatable bonds is 5. The van der Waals surface area contributed by atoms with E-state index in [1.54, 1.807) is 18.2 Å². The molecule has 1 saturated carbocycles. The van der Waals surface area contributed by atoms with Crippen LogP contribution in [0.1, 0.15) is 33.6 Å². The Morgan fingerprint density at radius 3 is 2.46 bits per heavy atom. The first kappa shape index (κ1) is 16.1. The minimum Gasteiger partial charge on any atom is -0.420 e. The second-order valence-electron chi connectivity index (χ2n) is 5.64. The molecule has 1 amide bonds. The van der Waals surface area contributed by atoms with E-state index in [1.165, 1.54) is 12.1 Å². The molecule has 1 N–H and O–H groups in total. The van der Waals surface area contributed by atoms with Crippen LogP contribution in [0, 0.1) is 17.6 Å². The lowest BCUT2D eigenvalue weighted by atomic mass is 10.1. The highest BCUT2D eigenvalue weighted by molar-refractivity contribution is 5.96. The fraction of sp³-hybridized carbons (Fsp3) is 0.222. The molecule has 24 heavy (non-hydrogen) atoms. The van der Waals surface area contributed by atoms with Crippen LogP contribution in [0.25, 0.3) is 0 Å². The number of nitrogens with one attached hydrogen (secondary N) is 1. The summed E-state index contributed by atoms with van der Waals surface area (Å²) >= 11 is 0. The highest BCUT2D eigenvalue weighted by Crippen LogP contribution is 2.28. The largest absolute Gasteiger partial charge is 0.420 e. The van der Waals surface area contributed by atoms with Gasteiger partial charge in [-0.05, 0) is 43.0 Å². The maximum absolute atomic E-state index is 14.4. The van der Waals surface area contributed by atoms with E-state index < -0.39 is 34.8 Å². The molecule has 3 rings (SSSR count). The summed E-state index contributed by atoms with van der Waals surface area (Å²) in [6.07, 6.45) is 2.00. The van der Waals surface area contributed by atoms with Crippen LogP contribution in [0.3, 0.4) is 0 Å². The molecule has 6 heteroatoms. The van der Waals surface area contributed by atoms with Crippen molar-refractivity contribution in [2.45, 2.75) is 12.8 Å². The lowest BCUT2D eigenvalue weighted by molar-refractivity contribution is 0.0725. The first-order chi connectivity index (χ1) is 11.6. The molecule has 0 spiro atoms. The van der Waals surface area contributed by atoms with Crippen molar-refractivity contribution in [1.82, 2.24) is 5.32 Å².